The van der Waals surface area contributed by atoms with Gasteiger partial charge in [-0.25, -0.2) is 9.67 Å². The van der Waals surface area contributed by atoms with Crippen molar-refractivity contribution in [3.05, 3.63) is 94.3 Å². The van der Waals surface area contributed by atoms with Gasteiger partial charge in [-0.1, -0.05) is 53.6 Å². The normalized spacial score (nSPS) is 10.8. The zero-order chi connectivity index (χ0) is 21.3. The molecule has 0 aliphatic heterocycles. The molecule has 0 fully saturated rings. The van der Waals surface area contributed by atoms with Gasteiger partial charge in [0, 0.05) is 16.3 Å². The third-order valence-electron chi connectivity index (χ3n) is 4.76. The second kappa shape index (κ2) is 8.13. The Morgan fingerprint density at radius 1 is 0.933 bits per heavy atom. The van der Waals surface area contributed by atoms with Crippen molar-refractivity contribution in [3.8, 4) is 17.1 Å². The van der Waals surface area contributed by atoms with Gasteiger partial charge in [0.1, 0.15) is 0 Å². The molecule has 0 saturated carbocycles. The number of carbonyl (C=O) groups is 1. The maximum absolute atomic E-state index is 12.9. The summed E-state index contributed by atoms with van der Waals surface area (Å²) < 4.78 is 1.66. The first kappa shape index (κ1) is 19.9. The predicted octanol–water partition coefficient (Wildman–Crippen LogP) is 5.77. The number of carbonyl (C=O) groups excluding carboxylic acids is 1. The zero-order valence-electron chi connectivity index (χ0n) is 17.0. The quantitative estimate of drug-likeness (QED) is 0.459. The highest BCUT2D eigenvalue weighted by molar-refractivity contribution is 6.31. The van der Waals surface area contributed by atoms with Gasteiger partial charge < -0.3 is 5.32 Å². The Morgan fingerprint density at radius 2 is 1.67 bits per heavy atom. The molecular weight excluding hydrogens is 396 g/mol. The van der Waals surface area contributed by atoms with Crippen LogP contribution in [0.1, 0.15) is 27.3 Å². The lowest BCUT2D eigenvalue weighted by Crippen LogP contribution is -2.14. The number of anilines is 1. The fraction of sp³-hybridized carbons (Fsp3) is 0.125. The minimum Gasteiger partial charge on any atom is -0.319 e. The Kier molecular flexibility index (Phi) is 5.38. The Morgan fingerprint density at radius 3 is 2.37 bits per heavy atom. The first-order valence-corrected chi connectivity index (χ1v) is 9.97. The SMILES string of the molecule is Cc1cccc(NC(=O)c2nc(-c3cccc(C)c3)n(-c3ccc(C)c(Cl)c3)n2)c1. The summed E-state index contributed by atoms with van der Waals surface area (Å²) in [5.41, 5.74) is 5.43. The maximum Gasteiger partial charge on any atom is 0.295 e. The average Bonchev–Trinajstić information content (AvgIpc) is 3.16. The van der Waals surface area contributed by atoms with Gasteiger partial charge >= 0.3 is 0 Å². The molecule has 3 aromatic carbocycles. The fourth-order valence-corrected chi connectivity index (χ4v) is 3.36. The van der Waals surface area contributed by atoms with E-state index in [0.717, 1.165) is 27.9 Å². The van der Waals surface area contributed by atoms with Crippen LogP contribution in [0.4, 0.5) is 5.69 Å². The van der Waals surface area contributed by atoms with Crippen molar-refractivity contribution in [2.45, 2.75) is 20.8 Å². The Hall–Kier alpha value is -3.44. The summed E-state index contributed by atoms with van der Waals surface area (Å²) in [6, 6.07) is 21.2. The van der Waals surface area contributed by atoms with E-state index in [1.54, 1.807) is 4.68 Å². The second-order valence-electron chi connectivity index (χ2n) is 7.30. The van der Waals surface area contributed by atoms with Gasteiger partial charge in [0.05, 0.1) is 5.69 Å². The molecule has 0 bridgehead atoms. The molecule has 5 nitrogen and oxygen atoms in total. The van der Waals surface area contributed by atoms with Crippen LogP contribution in [0.15, 0.2) is 66.7 Å². The van der Waals surface area contributed by atoms with Crippen LogP contribution in [0, 0.1) is 20.8 Å². The number of aryl methyl sites for hydroxylation is 3. The molecule has 0 aliphatic rings. The van der Waals surface area contributed by atoms with Gasteiger partial charge in [0.2, 0.25) is 5.82 Å². The summed E-state index contributed by atoms with van der Waals surface area (Å²) >= 11 is 6.34. The minimum absolute atomic E-state index is 0.0877. The highest BCUT2D eigenvalue weighted by atomic mass is 35.5. The molecule has 0 aliphatic carbocycles. The van der Waals surface area contributed by atoms with E-state index in [1.165, 1.54) is 0 Å². The highest BCUT2D eigenvalue weighted by Gasteiger charge is 2.19. The van der Waals surface area contributed by atoms with Crippen molar-refractivity contribution < 1.29 is 4.79 Å². The number of nitrogens with one attached hydrogen (secondary N) is 1. The largest absolute Gasteiger partial charge is 0.319 e. The molecule has 4 rings (SSSR count). The average molecular weight is 417 g/mol. The van der Waals surface area contributed by atoms with Crippen LogP contribution < -0.4 is 5.32 Å². The molecule has 1 amide bonds. The number of nitrogens with zero attached hydrogens (tertiary/aromatic N) is 3. The Bertz CT molecular complexity index is 1250. The molecule has 0 radical (unpaired) electrons. The molecule has 1 N–H and O–H groups in total. The molecule has 30 heavy (non-hydrogen) atoms. The lowest BCUT2D eigenvalue weighted by molar-refractivity contribution is 0.101. The van der Waals surface area contributed by atoms with E-state index in [0.29, 0.717) is 16.5 Å². The lowest BCUT2D eigenvalue weighted by Gasteiger charge is -2.08. The zero-order valence-corrected chi connectivity index (χ0v) is 17.7. The van der Waals surface area contributed by atoms with Crippen molar-refractivity contribution >= 4 is 23.2 Å². The number of benzene rings is 3. The van der Waals surface area contributed by atoms with Crippen molar-refractivity contribution in [2.75, 3.05) is 5.32 Å². The van der Waals surface area contributed by atoms with Crippen LogP contribution in [0.3, 0.4) is 0 Å². The third-order valence-corrected chi connectivity index (χ3v) is 5.17. The van der Waals surface area contributed by atoms with E-state index in [4.69, 9.17) is 11.6 Å². The number of amides is 1. The summed E-state index contributed by atoms with van der Waals surface area (Å²) in [5.74, 6) is 0.296. The molecule has 0 atom stereocenters. The molecular formula is C24H21ClN4O. The molecule has 1 heterocycles. The van der Waals surface area contributed by atoms with Gasteiger partial charge in [0.15, 0.2) is 5.82 Å². The van der Waals surface area contributed by atoms with Crippen molar-refractivity contribution in [3.63, 3.8) is 0 Å². The summed E-state index contributed by atoms with van der Waals surface area (Å²) in [7, 11) is 0. The van der Waals surface area contributed by atoms with Crippen LogP contribution in [0.2, 0.25) is 5.02 Å². The van der Waals surface area contributed by atoms with Crippen LogP contribution in [0.25, 0.3) is 17.1 Å². The van der Waals surface area contributed by atoms with Crippen LogP contribution >= 0.6 is 11.6 Å². The first-order valence-electron chi connectivity index (χ1n) is 9.59. The smallest absolute Gasteiger partial charge is 0.295 e. The Labute approximate surface area is 180 Å². The van der Waals surface area contributed by atoms with Crippen molar-refractivity contribution in [1.29, 1.82) is 0 Å². The van der Waals surface area contributed by atoms with Gasteiger partial charge in [-0.2, -0.15) is 0 Å². The van der Waals surface area contributed by atoms with E-state index >= 15 is 0 Å². The number of hydrogen-bond acceptors (Lipinski definition) is 3. The van der Waals surface area contributed by atoms with Crippen molar-refractivity contribution in [1.82, 2.24) is 14.8 Å². The summed E-state index contributed by atoms with van der Waals surface area (Å²) in [5, 5.41) is 8.01. The molecule has 4 aromatic rings. The van der Waals surface area contributed by atoms with Gasteiger partial charge in [-0.05, 0) is 62.2 Å². The predicted molar refractivity (Wildman–Crippen MR) is 120 cm³/mol. The first-order chi connectivity index (χ1) is 14.4. The molecule has 6 heteroatoms. The minimum atomic E-state index is -0.369. The molecule has 1 aromatic heterocycles. The second-order valence-corrected chi connectivity index (χ2v) is 7.70. The van der Waals surface area contributed by atoms with E-state index in [2.05, 4.69) is 15.4 Å². The Balaban J connectivity index is 1.79. The molecule has 0 unspecified atom stereocenters. The van der Waals surface area contributed by atoms with Crippen LogP contribution in [-0.4, -0.2) is 20.7 Å². The summed E-state index contributed by atoms with van der Waals surface area (Å²) in [6.45, 7) is 5.92. The molecule has 0 saturated heterocycles. The standard InChI is InChI=1S/C24H21ClN4O/c1-15-6-4-8-18(12-15)23-27-22(24(30)26-19-9-5-7-16(2)13-19)28-29(23)20-11-10-17(3)21(25)14-20/h4-14H,1-3H3,(H,26,30). The fourth-order valence-electron chi connectivity index (χ4n) is 3.18. The highest BCUT2D eigenvalue weighted by Crippen LogP contribution is 2.25. The van der Waals surface area contributed by atoms with E-state index in [1.807, 2.05) is 87.5 Å². The van der Waals surface area contributed by atoms with Crippen molar-refractivity contribution in [2.24, 2.45) is 0 Å². The molecule has 150 valence electrons. The topological polar surface area (TPSA) is 59.8 Å². The third kappa shape index (κ3) is 4.11. The van der Waals surface area contributed by atoms with E-state index < -0.39 is 0 Å². The summed E-state index contributed by atoms with van der Waals surface area (Å²) in [6.07, 6.45) is 0. The van der Waals surface area contributed by atoms with Gasteiger partial charge in [0.25, 0.3) is 5.91 Å². The lowest BCUT2D eigenvalue weighted by atomic mass is 10.1. The monoisotopic (exact) mass is 416 g/mol. The maximum atomic E-state index is 12.9. The number of halogens is 1. The van der Waals surface area contributed by atoms with Crippen LogP contribution in [-0.2, 0) is 0 Å². The number of hydrogen-bond donors (Lipinski definition) is 1. The van der Waals surface area contributed by atoms with Gasteiger partial charge in [-0.3, -0.25) is 4.79 Å². The van der Waals surface area contributed by atoms with Gasteiger partial charge in [-0.15, -0.1) is 5.10 Å². The van der Waals surface area contributed by atoms with E-state index in [-0.39, 0.29) is 11.7 Å². The number of aromatic nitrogens is 3. The van der Waals surface area contributed by atoms with Crippen LogP contribution in [0.5, 0.6) is 0 Å². The molecule has 0 spiro atoms. The van der Waals surface area contributed by atoms with E-state index in [9.17, 15) is 4.79 Å². The summed E-state index contributed by atoms with van der Waals surface area (Å²) in [4.78, 5) is 17.4. The number of rotatable bonds is 4.